The number of aryl methyl sites for hydroxylation is 1. The number of urea groups is 2. The molecule has 0 saturated carbocycles. The molecular weight excluding hydrogens is 643 g/mol. The van der Waals surface area contributed by atoms with Crippen molar-refractivity contribution in [2.24, 2.45) is 0 Å². The van der Waals surface area contributed by atoms with Crippen LogP contribution >= 0.6 is 0 Å². The average molecular weight is 690 g/mol. The van der Waals surface area contributed by atoms with E-state index in [1.165, 1.54) is 0 Å². The number of anilines is 1. The fourth-order valence-electron chi connectivity index (χ4n) is 7.08. The summed E-state index contributed by atoms with van der Waals surface area (Å²) in [4.78, 5) is 35.2. The van der Waals surface area contributed by atoms with Crippen LogP contribution in [0.2, 0.25) is 25.7 Å². The number of carbonyl (C=O) groups is 2. The Hall–Kier alpha value is -4.74. The summed E-state index contributed by atoms with van der Waals surface area (Å²) in [6.45, 7) is 12.5. The molecule has 2 aromatic heterocycles. The molecule has 2 aliphatic heterocycles. The van der Waals surface area contributed by atoms with Gasteiger partial charge in [0.2, 0.25) is 0 Å². The van der Waals surface area contributed by atoms with E-state index < -0.39 is 8.07 Å². The summed E-state index contributed by atoms with van der Waals surface area (Å²) in [5.74, 6) is -0.169. The minimum absolute atomic E-state index is 0.0651. The average Bonchev–Trinajstić information content (AvgIpc) is 3.53. The molecule has 7 rings (SSSR count). The maximum Gasteiger partial charge on any atom is 0.322 e. The van der Waals surface area contributed by atoms with E-state index in [1.54, 1.807) is 0 Å². The van der Waals surface area contributed by atoms with Crippen molar-refractivity contribution in [3.63, 3.8) is 0 Å². The minimum atomic E-state index is -1.17. The third kappa shape index (κ3) is 7.53. The van der Waals surface area contributed by atoms with Gasteiger partial charge < -0.3 is 25.2 Å². The second-order valence-corrected chi connectivity index (χ2v) is 20.5. The van der Waals surface area contributed by atoms with Gasteiger partial charge in [-0.25, -0.2) is 14.3 Å². The zero-order chi connectivity index (χ0) is 34.8. The van der Waals surface area contributed by atoms with Crippen LogP contribution in [0.15, 0.2) is 79.1 Å². The van der Waals surface area contributed by atoms with Crippen LogP contribution in [0, 0.1) is 6.92 Å². The number of fused-ring (bicyclic) bond motifs is 3. The molecule has 1 atom stereocenters. The number of likely N-dealkylation sites (tertiary alicyclic amines) is 1. The van der Waals surface area contributed by atoms with E-state index in [0.29, 0.717) is 32.9 Å². The van der Waals surface area contributed by atoms with Gasteiger partial charge in [-0.2, -0.15) is 5.10 Å². The van der Waals surface area contributed by atoms with Crippen molar-refractivity contribution >= 4 is 47.5 Å². The van der Waals surface area contributed by atoms with Gasteiger partial charge in [0.05, 0.1) is 11.2 Å². The number of nitrogens with zero attached hydrogens (tertiary/aromatic N) is 5. The van der Waals surface area contributed by atoms with Crippen molar-refractivity contribution in [2.45, 2.75) is 70.7 Å². The smallest absolute Gasteiger partial charge is 0.322 e. The number of rotatable bonds is 10. The fourth-order valence-corrected chi connectivity index (χ4v) is 7.83. The summed E-state index contributed by atoms with van der Waals surface area (Å²) in [6.07, 6.45) is 5.44. The fraction of sp³-hybridized carbons (Fsp3) is 0.385. The predicted octanol–water partition coefficient (Wildman–Crippen LogP) is 7.56. The van der Waals surface area contributed by atoms with Crippen LogP contribution in [0.5, 0.6) is 0 Å². The van der Waals surface area contributed by atoms with Crippen LogP contribution in [0.3, 0.4) is 0 Å². The molecule has 50 heavy (non-hydrogen) atoms. The Bertz CT molecular complexity index is 2010. The molecule has 10 nitrogen and oxygen atoms in total. The number of aromatic nitrogens is 3. The van der Waals surface area contributed by atoms with E-state index in [4.69, 9.17) is 14.8 Å². The highest BCUT2D eigenvalue weighted by Crippen LogP contribution is 2.31. The molecule has 0 aliphatic carbocycles. The number of amides is 4. The summed E-state index contributed by atoms with van der Waals surface area (Å²) < 4.78 is 7.87. The Labute approximate surface area is 294 Å². The Kier molecular flexibility index (Phi) is 9.61. The third-order valence-electron chi connectivity index (χ3n) is 10.0. The summed E-state index contributed by atoms with van der Waals surface area (Å²) in [5.41, 5.74) is 6.00. The van der Waals surface area contributed by atoms with Crippen molar-refractivity contribution in [1.82, 2.24) is 29.9 Å². The first-order valence-corrected chi connectivity index (χ1v) is 21.4. The van der Waals surface area contributed by atoms with Gasteiger partial charge >= 0.3 is 12.1 Å². The second kappa shape index (κ2) is 14.2. The van der Waals surface area contributed by atoms with Crippen molar-refractivity contribution in [1.29, 1.82) is 0 Å². The van der Waals surface area contributed by atoms with Gasteiger partial charge in [-0.1, -0.05) is 68.2 Å². The lowest BCUT2D eigenvalue weighted by molar-refractivity contribution is 0.0791. The molecule has 2 aliphatic rings. The van der Waals surface area contributed by atoms with Crippen LogP contribution in [0.1, 0.15) is 41.1 Å². The Morgan fingerprint density at radius 3 is 2.58 bits per heavy atom. The number of nitrogens with one attached hydrogen (secondary N) is 2. The Morgan fingerprint density at radius 1 is 1.02 bits per heavy atom. The summed E-state index contributed by atoms with van der Waals surface area (Å²) in [7, 11) is -1.17. The van der Waals surface area contributed by atoms with Gasteiger partial charge in [-0.15, -0.1) is 0 Å². The van der Waals surface area contributed by atoms with Gasteiger partial charge in [-0.3, -0.25) is 4.98 Å². The van der Waals surface area contributed by atoms with E-state index in [1.807, 2.05) is 51.0 Å². The summed E-state index contributed by atoms with van der Waals surface area (Å²) in [6, 6.07) is 23.7. The maximum atomic E-state index is 13.6. The first-order chi connectivity index (χ1) is 24.1. The quantitative estimate of drug-likeness (QED) is 0.116. The number of carbonyl (C=O) groups excluding carboxylic acids is 2. The van der Waals surface area contributed by atoms with Crippen LogP contribution in [-0.4, -0.2) is 77.0 Å². The van der Waals surface area contributed by atoms with Gasteiger partial charge in [0, 0.05) is 81.7 Å². The molecule has 4 amide bonds. The molecule has 0 radical (unpaired) electrons. The molecule has 11 heteroatoms. The molecule has 1 fully saturated rings. The van der Waals surface area contributed by atoms with E-state index in [9.17, 15) is 9.59 Å². The van der Waals surface area contributed by atoms with Gasteiger partial charge in [0.1, 0.15) is 6.73 Å². The van der Waals surface area contributed by atoms with Crippen LogP contribution in [-0.2, 0) is 18.0 Å². The SMILES string of the molecule is Cc1cc(C(CNC(=O)N2CCC(N3Cc4ccccc4NC3=O)CC2)c2cc3ccccc3cn2)cc2cn(COCC[Si](C)(C)C)nc12. The lowest BCUT2D eigenvalue weighted by atomic mass is 9.91. The topological polar surface area (TPSA) is 105 Å². The maximum absolute atomic E-state index is 13.6. The van der Waals surface area contributed by atoms with Gasteiger partial charge in [0.15, 0.2) is 0 Å². The first kappa shape index (κ1) is 33.7. The number of ether oxygens (including phenoxy) is 1. The van der Waals surface area contributed by atoms with Crippen LogP contribution < -0.4 is 10.6 Å². The second-order valence-electron chi connectivity index (χ2n) is 14.9. The molecule has 4 heterocycles. The summed E-state index contributed by atoms with van der Waals surface area (Å²) >= 11 is 0. The monoisotopic (exact) mass is 689 g/mol. The number of piperidine rings is 1. The van der Waals surface area contributed by atoms with E-state index >= 15 is 0 Å². The largest absolute Gasteiger partial charge is 0.360 e. The lowest BCUT2D eigenvalue weighted by Gasteiger charge is -2.40. The third-order valence-corrected chi connectivity index (χ3v) is 11.7. The normalized spacial score (nSPS) is 16.0. The van der Waals surface area contributed by atoms with Crippen LogP contribution in [0.4, 0.5) is 15.3 Å². The van der Waals surface area contributed by atoms with Crippen LogP contribution in [0.25, 0.3) is 21.7 Å². The molecule has 1 unspecified atom stereocenters. The Morgan fingerprint density at radius 2 is 1.78 bits per heavy atom. The van der Waals surface area contributed by atoms with Crippen molar-refractivity contribution in [3.8, 4) is 0 Å². The van der Waals surface area contributed by atoms with Gasteiger partial charge in [-0.05, 0) is 66.1 Å². The highest BCUT2D eigenvalue weighted by molar-refractivity contribution is 6.76. The number of para-hydroxylation sites is 1. The molecule has 5 aromatic rings. The van der Waals surface area contributed by atoms with Crippen molar-refractivity contribution in [3.05, 3.63) is 102 Å². The lowest BCUT2D eigenvalue weighted by Crippen LogP contribution is -2.52. The molecule has 1 saturated heterocycles. The molecule has 3 aromatic carbocycles. The zero-order valence-electron chi connectivity index (χ0n) is 29.5. The van der Waals surface area contributed by atoms with Gasteiger partial charge in [0.25, 0.3) is 0 Å². The first-order valence-electron chi connectivity index (χ1n) is 17.7. The predicted molar refractivity (Wildman–Crippen MR) is 201 cm³/mol. The molecule has 260 valence electrons. The summed E-state index contributed by atoms with van der Waals surface area (Å²) in [5, 5.41) is 14.3. The highest BCUT2D eigenvalue weighted by atomic mass is 28.3. The number of hydrogen-bond donors (Lipinski definition) is 2. The molecular formula is C39H47N7O3Si. The van der Waals surface area contributed by atoms with E-state index in [-0.39, 0.29) is 24.0 Å². The highest BCUT2D eigenvalue weighted by Gasteiger charge is 2.33. The van der Waals surface area contributed by atoms with Crippen molar-refractivity contribution < 1.29 is 14.3 Å². The number of benzene rings is 3. The molecule has 2 N–H and O–H groups in total. The standard InChI is InChI=1S/C39H47N7O3Si/c1-27-19-31(20-32-24-45(43-37(27)32)26-49-17-18-50(2,3)4)34(36-21-28-9-5-6-10-29(28)22-40-36)23-41-38(47)44-15-13-33(14-16-44)46-25-30-11-7-8-12-35(30)42-39(46)48/h5-12,19-22,24,33-34H,13-18,23,25-26H2,1-4H3,(H,41,47)(H,42,48). The Balaban J connectivity index is 1.06. The minimum Gasteiger partial charge on any atom is -0.360 e. The van der Waals surface area contributed by atoms with Crippen molar-refractivity contribution in [2.75, 3.05) is 31.6 Å². The zero-order valence-corrected chi connectivity index (χ0v) is 30.5. The van der Waals surface area contributed by atoms with E-state index in [0.717, 1.165) is 75.2 Å². The molecule has 0 spiro atoms. The number of hydrogen-bond acceptors (Lipinski definition) is 5. The molecule has 0 bridgehead atoms. The number of pyridine rings is 1. The van der Waals surface area contributed by atoms with E-state index in [2.05, 4.69) is 79.8 Å².